The third kappa shape index (κ3) is 3.24. The van der Waals surface area contributed by atoms with Crippen molar-refractivity contribution >= 4 is 23.1 Å². The molecule has 0 saturated carbocycles. The fraction of sp³-hybridized carbons (Fsp3) is 0.214. The molecule has 0 saturated heterocycles. The molecule has 5 nitrogen and oxygen atoms in total. The largest absolute Gasteiger partial charge is 0.365 e. The van der Waals surface area contributed by atoms with E-state index in [0.717, 1.165) is 12.0 Å². The lowest BCUT2D eigenvalue weighted by Crippen LogP contribution is -2.04. The van der Waals surface area contributed by atoms with Crippen LogP contribution in [0.1, 0.15) is 18.1 Å². The number of pyridine rings is 1. The normalized spacial score (nSPS) is 10.3. The molecular weight excluding hydrogens is 278 g/mol. The van der Waals surface area contributed by atoms with E-state index in [1.54, 1.807) is 0 Å². The number of aromatic nitrogens is 1. The van der Waals surface area contributed by atoms with Gasteiger partial charge in [-0.15, -0.1) is 0 Å². The first-order valence-electron chi connectivity index (χ1n) is 6.22. The molecule has 0 atom stereocenters. The second-order valence-corrected chi connectivity index (χ2v) is 4.66. The Kier molecular flexibility index (Phi) is 4.53. The standard InChI is InChI=1S/C14H14ClN3O2/c1-2-10-5-3-4-6-11(10)8-16-14-13(15)7-12(9-17-14)18(19)20/h3-7,9H,2,8H2,1H3,(H,16,17). The fourth-order valence-electron chi connectivity index (χ4n) is 1.91. The highest BCUT2D eigenvalue weighted by Gasteiger charge is 2.11. The van der Waals surface area contributed by atoms with Crippen LogP contribution in [0.3, 0.4) is 0 Å². The van der Waals surface area contributed by atoms with Crippen LogP contribution in [0.25, 0.3) is 0 Å². The minimum atomic E-state index is -0.519. The first kappa shape index (κ1) is 14.3. The molecule has 0 aliphatic carbocycles. The maximum atomic E-state index is 10.6. The van der Waals surface area contributed by atoms with Crippen LogP contribution in [0.5, 0.6) is 0 Å². The Hall–Kier alpha value is -2.14. The number of hydrogen-bond acceptors (Lipinski definition) is 4. The summed E-state index contributed by atoms with van der Waals surface area (Å²) in [4.78, 5) is 14.1. The molecule has 0 bridgehead atoms. The molecule has 6 heteroatoms. The second kappa shape index (κ2) is 6.34. The third-order valence-corrected chi connectivity index (χ3v) is 3.27. The number of aryl methyl sites for hydroxylation is 1. The van der Waals surface area contributed by atoms with E-state index in [4.69, 9.17) is 11.6 Å². The van der Waals surface area contributed by atoms with Gasteiger partial charge in [-0.1, -0.05) is 42.8 Å². The van der Waals surface area contributed by atoms with Crippen molar-refractivity contribution in [3.8, 4) is 0 Å². The zero-order valence-corrected chi connectivity index (χ0v) is 11.7. The Morgan fingerprint density at radius 3 is 2.65 bits per heavy atom. The molecule has 0 aliphatic rings. The lowest BCUT2D eigenvalue weighted by Gasteiger charge is -2.10. The number of hydrogen-bond donors (Lipinski definition) is 1. The monoisotopic (exact) mass is 291 g/mol. The number of nitro groups is 1. The Bertz CT molecular complexity index is 632. The predicted molar refractivity (Wildman–Crippen MR) is 79.0 cm³/mol. The van der Waals surface area contributed by atoms with Crippen molar-refractivity contribution in [2.75, 3.05) is 5.32 Å². The molecule has 0 radical (unpaired) electrons. The van der Waals surface area contributed by atoms with Gasteiger partial charge in [0.25, 0.3) is 5.69 Å². The Balaban J connectivity index is 2.13. The van der Waals surface area contributed by atoms with Gasteiger partial charge < -0.3 is 5.32 Å². The maximum Gasteiger partial charge on any atom is 0.289 e. The summed E-state index contributed by atoms with van der Waals surface area (Å²) in [5.41, 5.74) is 2.29. The molecule has 20 heavy (non-hydrogen) atoms. The molecule has 0 aliphatic heterocycles. The first-order valence-corrected chi connectivity index (χ1v) is 6.60. The zero-order chi connectivity index (χ0) is 14.5. The van der Waals surface area contributed by atoms with Crippen LogP contribution in [0.4, 0.5) is 11.5 Å². The van der Waals surface area contributed by atoms with Gasteiger partial charge in [-0.25, -0.2) is 4.98 Å². The van der Waals surface area contributed by atoms with Crippen molar-refractivity contribution in [1.82, 2.24) is 4.98 Å². The van der Waals surface area contributed by atoms with Gasteiger partial charge in [-0.05, 0) is 17.5 Å². The number of halogens is 1. The molecule has 1 N–H and O–H groups in total. The second-order valence-electron chi connectivity index (χ2n) is 4.26. The van der Waals surface area contributed by atoms with Gasteiger partial charge in [0.05, 0.1) is 9.95 Å². The van der Waals surface area contributed by atoms with E-state index in [1.807, 2.05) is 18.2 Å². The first-order chi connectivity index (χ1) is 9.61. The van der Waals surface area contributed by atoms with E-state index in [-0.39, 0.29) is 10.7 Å². The number of benzene rings is 1. The van der Waals surface area contributed by atoms with Crippen molar-refractivity contribution in [3.63, 3.8) is 0 Å². The van der Waals surface area contributed by atoms with Crippen LogP contribution in [-0.4, -0.2) is 9.91 Å². The minimum absolute atomic E-state index is 0.116. The van der Waals surface area contributed by atoms with Gasteiger partial charge in [0.1, 0.15) is 12.0 Å². The molecule has 2 aromatic rings. The average Bonchev–Trinajstić information content (AvgIpc) is 2.46. The predicted octanol–water partition coefficient (Wildman–Crippen LogP) is 3.82. The van der Waals surface area contributed by atoms with Crippen LogP contribution < -0.4 is 5.32 Å². The van der Waals surface area contributed by atoms with E-state index < -0.39 is 4.92 Å². The molecule has 0 unspecified atom stereocenters. The van der Waals surface area contributed by atoms with Crippen molar-refractivity contribution in [2.45, 2.75) is 19.9 Å². The van der Waals surface area contributed by atoms with E-state index >= 15 is 0 Å². The third-order valence-electron chi connectivity index (χ3n) is 2.98. The number of nitrogens with one attached hydrogen (secondary N) is 1. The molecular formula is C14H14ClN3O2. The van der Waals surface area contributed by atoms with Crippen molar-refractivity contribution in [2.24, 2.45) is 0 Å². The highest BCUT2D eigenvalue weighted by atomic mass is 35.5. The van der Waals surface area contributed by atoms with Crippen LogP contribution in [-0.2, 0) is 13.0 Å². The number of anilines is 1. The lowest BCUT2D eigenvalue weighted by molar-refractivity contribution is -0.385. The van der Waals surface area contributed by atoms with Gasteiger partial charge in [-0.2, -0.15) is 0 Å². The summed E-state index contributed by atoms with van der Waals surface area (Å²) in [6.07, 6.45) is 2.14. The van der Waals surface area contributed by atoms with Crippen LogP contribution >= 0.6 is 11.6 Å². The van der Waals surface area contributed by atoms with E-state index in [2.05, 4.69) is 23.3 Å². The van der Waals surface area contributed by atoms with Crippen molar-refractivity contribution in [3.05, 3.63) is 62.8 Å². The highest BCUT2D eigenvalue weighted by molar-refractivity contribution is 6.33. The van der Waals surface area contributed by atoms with Gasteiger partial charge in [0.2, 0.25) is 0 Å². The average molecular weight is 292 g/mol. The summed E-state index contributed by atoms with van der Waals surface area (Å²) < 4.78 is 0. The van der Waals surface area contributed by atoms with Crippen molar-refractivity contribution < 1.29 is 4.92 Å². The van der Waals surface area contributed by atoms with Crippen LogP contribution in [0, 0.1) is 10.1 Å². The minimum Gasteiger partial charge on any atom is -0.365 e. The SMILES string of the molecule is CCc1ccccc1CNc1ncc([N+](=O)[O-])cc1Cl. The molecule has 2 rings (SSSR count). The molecule has 0 spiro atoms. The summed E-state index contributed by atoms with van der Waals surface area (Å²) in [5.74, 6) is 0.447. The molecule has 0 amide bonds. The van der Waals surface area contributed by atoms with E-state index in [1.165, 1.54) is 17.8 Å². The fourth-order valence-corrected chi connectivity index (χ4v) is 2.14. The van der Waals surface area contributed by atoms with Gasteiger partial charge in [0.15, 0.2) is 0 Å². The maximum absolute atomic E-state index is 10.6. The zero-order valence-electron chi connectivity index (χ0n) is 11.0. The number of rotatable bonds is 5. The van der Waals surface area contributed by atoms with Gasteiger partial charge >= 0.3 is 0 Å². The van der Waals surface area contributed by atoms with Gasteiger partial charge in [0, 0.05) is 12.6 Å². The summed E-state index contributed by atoms with van der Waals surface area (Å²) in [6, 6.07) is 9.37. The Morgan fingerprint density at radius 2 is 2.05 bits per heavy atom. The molecule has 104 valence electrons. The highest BCUT2D eigenvalue weighted by Crippen LogP contribution is 2.24. The summed E-state index contributed by atoms with van der Waals surface area (Å²) in [6.45, 7) is 2.67. The Labute approximate surface area is 121 Å². The summed E-state index contributed by atoms with van der Waals surface area (Å²) in [7, 11) is 0. The lowest BCUT2D eigenvalue weighted by atomic mass is 10.1. The molecule has 0 fully saturated rings. The smallest absolute Gasteiger partial charge is 0.289 e. The van der Waals surface area contributed by atoms with Crippen molar-refractivity contribution in [1.29, 1.82) is 0 Å². The molecule has 1 heterocycles. The quantitative estimate of drug-likeness (QED) is 0.672. The van der Waals surface area contributed by atoms with Crippen LogP contribution in [0.15, 0.2) is 36.5 Å². The van der Waals surface area contributed by atoms with Crippen LogP contribution in [0.2, 0.25) is 5.02 Å². The molecule has 1 aromatic carbocycles. The van der Waals surface area contributed by atoms with Gasteiger partial charge in [-0.3, -0.25) is 10.1 Å². The molecule has 1 aromatic heterocycles. The number of nitrogens with zero attached hydrogens (tertiary/aromatic N) is 2. The Morgan fingerprint density at radius 1 is 1.35 bits per heavy atom. The topological polar surface area (TPSA) is 68.1 Å². The van der Waals surface area contributed by atoms with E-state index in [9.17, 15) is 10.1 Å². The van der Waals surface area contributed by atoms with E-state index in [0.29, 0.717) is 12.4 Å². The summed E-state index contributed by atoms with van der Waals surface area (Å²) >= 11 is 5.98. The summed E-state index contributed by atoms with van der Waals surface area (Å²) in [5, 5.41) is 14.0.